The molecule has 1 heterocycles. The highest BCUT2D eigenvalue weighted by atomic mass is 16.6. The van der Waals surface area contributed by atoms with Crippen LogP contribution in [0.5, 0.6) is 0 Å². The van der Waals surface area contributed by atoms with Crippen LogP contribution >= 0.6 is 0 Å². The molecule has 1 aliphatic carbocycles. The van der Waals surface area contributed by atoms with Crippen LogP contribution in [0.4, 0.5) is 5.69 Å². The van der Waals surface area contributed by atoms with E-state index in [1.807, 2.05) is 7.05 Å². The predicted molar refractivity (Wildman–Crippen MR) is 85.0 cm³/mol. The lowest BCUT2D eigenvalue weighted by Gasteiger charge is -2.33. The van der Waals surface area contributed by atoms with E-state index < -0.39 is 4.92 Å². The van der Waals surface area contributed by atoms with Crippen LogP contribution in [0, 0.1) is 16.0 Å². The number of benzene rings is 1. The van der Waals surface area contributed by atoms with Gasteiger partial charge in [-0.2, -0.15) is 0 Å². The molecule has 23 heavy (non-hydrogen) atoms. The van der Waals surface area contributed by atoms with E-state index in [-0.39, 0.29) is 12.3 Å². The van der Waals surface area contributed by atoms with Gasteiger partial charge in [0, 0.05) is 24.8 Å². The molecule has 1 N–H and O–H groups in total. The summed E-state index contributed by atoms with van der Waals surface area (Å²) in [5, 5.41) is 20.0. The molecule has 1 aromatic carbocycles. The molecule has 1 aromatic heterocycles. The Hall–Kier alpha value is -1.99. The number of aliphatic hydroxyl groups excluding tert-OH is 1. The van der Waals surface area contributed by atoms with Gasteiger partial charge in [0.1, 0.15) is 5.52 Å². The smallest absolute Gasteiger partial charge is 0.271 e. The number of nitro groups is 1. The summed E-state index contributed by atoms with van der Waals surface area (Å²) in [7, 11) is 2.04. The Morgan fingerprint density at radius 3 is 2.78 bits per heavy atom. The van der Waals surface area contributed by atoms with Crippen LogP contribution in [0.25, 0.3) is 11.1 Å². The number of aliphatic hydroxyl groups is 1. The Balaban J connectivity index is 1.67. The summed E-state index contributed by atoms with van der Waals surface area (Å²) in [6, 6.07) is 4.92. The zero-order valence-electron chi connectivity index (χ0n) is 13.1. The second kappa shape index (κ2) is 6.64. The van der Waals surface area contributed by atoms with Gasteiger partial charge < -0.3 is 9.52 Å². The van der Waals surface area contributed by atoms with Crippen molar-refractivity contribution in [1.82, 2.24) is 9.88 Å². The number of non-ortho nitro benzene ring substituents is 1. The van der Waals surface area contributed by atoms with Gasteiger partial charge in [-0.15, -0.1) is 0 Å². The van der Waals surface area contributed by atoms with E-state index in [1.165, 1.54) is 12.1 Å². The molecule has 0 amide bonds. The summed E-state index contributed by atoms with van der Waals surface area (Å²) in [6.07, 6.45) is 4.22. The van der Waals surface area contributed by atoms with Crippen molar-refractivity contribution in [3.63, 3.8) is 0 Å². The molecule has 7 nitrogen and oxygen atoms in total. The van der Waals surface area contributed by atoms with Gasteiger partial charge >= 0.3 is 0 Å². The van der Waals surface area contributed by atoms with Gasteiger partial charge in [-0.1, -0.05) is 0 Å². The molecular formula is C16H21N3O4. The molecular weight excluding hydrogens is 298 g/mol. The molecule has 0 saturated heterocycles. The second-order valence-corrected chi connectivity index (χ2v) is 6.29. The first kappa shape index (κ1) is 15.9. The van der Waals surface area contributed by atoms with Gasteiger partial charge in [-0.05, 0) is 44.7 Å². The van der Waals surface area contributed by atoms with Crippen molar-refractivity contribution in [3.05, 3.63) is 34.2 Å². The van der Waals surface area contributed by atoms with Crippen LogP contribution in [0.1, 0.15) is 31.6 Å². The van der Waals surface area contributed by atoms with Crippen molar-refractivity contribution in [3.8, 4) is 0 Å². The van der Waals surface area contributed by atoms with Crippen molar-refractivity contribution in [2.45, 2.75) is 38.3 Å². The topological polar surface area (TPSA) is 92.6 Å². The maximum Gasteiger partial charge on any atom is 0.271 e. The highest BCUT2D eigenvalue weighted by Crippen LogP contribution is 2.28. The summed E-state index contributed by atoms with van der Waals surface area (Å²) in [5.41, 5.74) is 1.11. The van der Waals surface area contributed by atoms with Crippen LogP contribution in [-0.2, 0) is 6.54 Å². The Morgan fingerprint density at radius 2 is 2.13 bits per heavy atom. The van der Waals surface area contributed by atoms with Crippen molar-refractivity contribution in [2.75, 3.05) is 13.7 Å². The monoisotopic (exact) mass is 319 g/mol. The Kier molecular flexibility index (Phi) is 4.58. The molecule has 1 saturated carbocycles. The highest BCUT2D eigenvalue weighted by molar-refractivity contribution is 5.75. The number of hydrogen-bond acceptors (Lipinski definition) is 6. The van der Waals surface area contributed by atoms with E-state index in [0.717, 1.165) is 25.7 Å². The van der Waals surface area contributed by atoms with Gasteiger partial charge in [0.2, 0.25) is 5.89 Å². The fourth-order valence-corrected chi connectivity index (χ4v) is 3.26. The fourth-order valence-electron chi connectivity index (χ4n) is 3.26. The Morgan fingerprint density at radius 1 is 1.39 bits per heavy atom. The van der Waals surface area contributed by atoms with Gasteiger partial charge in [0.25, 0.3) is 5.69 Å². The number of hydrogen-bond donors (Lipinski definition) is 1. The minimum Gasteiger partial charge on any atom is -0.439 e. The summed E-state index contributed by atoms with van der Waals surface area (Å²) in [6.45, 7) is 0.858. The largest absolute Gasteiger partial charge is 0.439 e. The lowest BCUT2D eigenvalue weighted by atomic mass is 9.86. The molecule has 1 aliphatic rings. The second-order valence-electron chi connectivity index (χ2n) is 6.29. The summed E-state index contributed by atoms with van der Waals surface area (Å²) in [5.74, 6) is 1.01. The number of nitro benzene ring substituents is 1. The standard InChI is InChI=1S/C16H21N3O4/c1-18(12-4-2-11(10-20)3-5-12)9-16-17-14-8-13(19(21)22)6-7-15(14)23-16/h6-8,11-12,20H,2-5,9-10H2,1H3. The summed E-state index contributed by atoms with van der Waals surface area (Å²) >= 11 is 0. The third-order valence-electron chi connectivity index (χ3n) is 4.71. The van der Waals surface area contributed by atoms with Crippen molar-refractivity contribution in [1.29, 1.82) is 0 Å². The van der Waals surface area contributed by atoms with Crippen molar-refractivity contribution in [2.24, 2.45) is 5.92 Å². The van der Waals surface area contributed by atoms with Crippen LogP contribution < -0.4 is 0 Å². The molecule has 0 unspecified atom stereocenters. The van der Waals surface area contributed by atoms with Gasteiger partial charge in [0.15, 0.2) is 5.58 Å². The fraction of sp³-hybridized carbons (Fsp3) is 0.562. The normalized spacial score (nSPS) is 21.9. The number of aromatic nitrogens is 1. The van der Waals surface area contributed by atoms with Gasteiger partial charge in [-0.3, -0.25) is 15.0 Å². The van der Waals surface area contributed by atoms with Crippen LogP contribution in [0.15, 0.2) is 22.6 Å². The third-order valence-corrected chi connectivity index (χ3v) is 4.71. The van der Waals surface area contributed by atoms with Gasteiger partial charge in [-0.25, -0.2) is 4.98 Å². The molecule has 7 heteroatoms. The molecule has 0 aliphatic heterocycles. The first-order valence-corrected chi connectivity index (χ1v) is 7.91. The predicted octanol–water partition coefficient (Wildman–Crippen LogP) is 2.72. The van der Waals surface area contributed by atoms with Crippen LogP contribution in [0.2, 0.25) is 0 Å². The number of nitrogens with zero attached hydrogens (tertiary/aromatic N) is 3. The Labute approximate surface area is 134 Å². The van der Waals surface area contributed by atoms with E-state index in [1.54, 1.807) is 6.07 Å². The summed E-state index contributed by atoms with van der Waals surface area (Å²) < 4.78 is 5.69. The van der Waals surface area contributed by atoms with E-state index in [9.17, 15) is 15.2 Å². The average Bonchev–Trinajstić information content (AvgIpc) is 2.96. The zero-order valence-corrected chi connectivity index (χ0v) is 13.1. The van der Waals surface area contributed by atoms with E-state index in [0.29, 0.717) is 35.5 Å². The molecule has 1 fully saturated rings. The van der Waals surface area contributed by atoms with Crippen LogP contribution in [-0.4, -0.2) is 39.6 Å². The maximum atomic E-state index is 10.8. The zero-order chi connectivity index (χ0) is 16.4. The lowest BCUT2D eigenvalue weighted by molar-refractivity contribution is -0.384. The van der Waals surface area contributed by atoms with Crippen molar-refractivity contribution >= 4 is 16.8 Å². The Bertz CT molecular complexity index is 692. The quantitative estimate of drug-likeness (QED) is 0.673. The average molecular weight is 319 g/mol. The number of rotatable bonds is 5. The number of oxazole rings is 1. The molecule has 0 bridgehead atoms. The highest BCUT2D eigenvalue weighted by Gasteiger charge is 2.24. The maximum absolute atomic E-state index is 10.8. The molecule has 0 atom stereocenters. The molecule has 124 valence electrons. The van der Waals surface area contributed by atoms with Gasteiger partial charge in [0.05, 0.1) is 11.5 Å². The lowest BCUT2D eigenvalue weighted by Crippen LogP contribution is -2.35. The first-order chi connectivity index (χ1) is 11.1. The molecule has 3 rings (SSSR count). The third kappa shape index (κ3) is 3.51. The van der Waals surface area contributed by atoms with E-state index in [2.05, 4.69) is 9.88 Å². The van der Waals surface area contributed by atoms with Crippen LogP contribution in [0.3, 0.4) is 0 Å². The SMILES string of the molecule is CN(Cc1nc2cc([N+](=O)[O-])ccc2o1)C1CCC(CO)CC1. The van der Waals surface area contributed by atoms with E-state index in [4.69, 9.17) is 4.42 Å². The molecule has 0 radical (unpaired) electrons. The first-order valence-electron chi connectivity index (χ1n) is 7.91. The van der Waals surface area contributed by atoms with E-state index >= 15 is 0 Å². The molecule has 0 spiro atoms. The summed E-state index contributed by atoms with van der Waals surface area (Å²) in [4.78, 5) is 17.0. The van der Waals surface area contributed by atoms with Crippen molar-refractivity contribution < 1.29 is 14.4 Å². The molecule has 2 aromatic rings. The number of fused-ring (bicyclic) bond motifs is 1. The minimum atomic E-state index is -0.431. The minimum absolute atomic E-state index is 0.0213.